The fraction of sp³-hybridized carbons (Fsp3) is 0.333. The van der Waals surface area contributed by atoms with Gasteiger partial charge in [-0.2, -0.15) is 0 Å². The molecule has 0 radical (unpaired) electrons. The van der Waals surface area contributed by atoms with Crippen molar-refractivity contribution in [3.63, 3.8) is 0 Å². The SMILES string of the molecule is C/C=C(\C)[C@H](O)[C@@H](COCc1ccccc1)NS(=O)(=O)c1ccc(C)cc1. The lowest BCUT2D eigenvalue weighted by molar-refractivity contribution is 0.0621. The third kappa shape index (κ3) is 6.29. The Labute approximate surface area is 161 Å². The van der Waals surface area contributed by atoms with Crippen molar-refractivity contribution >= 4 is 10.0 Å². The molecule has 0 aliphatic heterocycles. The number of aliphatic hydroxyl groups excluding tert-OH is 1. The average molecular weight is 390 g/mol. The molecule has 0 aliphatic rings. The minimum absolute atomic E-state index is 0.0479. The highest BCUT2D eigenvalue weighted by atomic mass is 32.2. The highest BCUT2D eigenvalue weighted by molar-refractivity contribution is 7.89. The van der Waals surface area contributed by atoms with Crippen LogP contribution in [0.4, 0.5) is 0 Å². The summed E-state index contributed by atoms with van der Waals surface area (Å²) in [5.74, 6) is 0. The predicted molar refractivity (Wildman–Crippen MR) is 107 cm³/mol. The van der Waals surface area contributed by atoms with Gasteiger partial charge in [-0.15, -0.1) is 0 Å². The van der Waals surface area contributed by atoms with Crippen LogP contribution in [-0.2, 0) is 21.4 Å². The molecule has 0 spiro atoms. The summed E-state index contributed by atoms with van der Waals surface area (Å²) in [4.78, 5) is 0.159. The molecular formula is C21H27NO4S. The Morgan fingerprint density at radius 1 is 1.15 bits per heavy atom. The largest absolute Gasteiger partial charge is 0.387 e. The molecule has 0 amide bonds. The highest BCUT2D eigenvalue weighted by Crippen LogP contribution is 2.14. The van der Waals surface area contributed by atoms with Crippen LogP contribution in [0, 0.1) is 6.92 Å². The van der Waals surface area contributed by atoms with E-state index in [2.05, 4.69) is 4.72 Å². The van der Waals surface area contributed by atoms with E-state index in [4.69, 9.17) is 4.74 Å². The van der Waals surface area contributed by atoms with Crippen molar-refractivity contribution in [2.75, 3.05) is 6.61 Å². The first-order valence-electron chi connectivity index (χ1n) is 8.85. The van der Waals surface area contributed by atoms with Crippen LogP contribution < -0.4 is 4.72 Å². The highest BCUT2D eigenvalue weighted by Gasteiger charge is 2.27. The molecule has 6 heteroatoms. The zero-order valence-electron chi connectivity index (χ0n) is 15.9. The fourth-order valence-electron chi connectivity index (χ4n) is 2.54. The van der Waals surface area contributed by atoms with Gasteiger partial charge < -0.3 is 9.84 Å². The molecule has 27 heavy (non-hydrogen) atoms. The number of nitrogens with one attached hydrogen (secondary N) is 1. The van der Waals surface area contributed by atoms with Gasteiger partial charge in [-0.3, -0.25) is 0 Å². The van der Waals surface area contributed by atoms with Gasteiger partial charge in [-0.05, 0) is 44.0 Å². The molecule has 0 fully saturated rings. The molecule has 2 atom stereocenters. The van der Waals surface area contributed by atoms with Crippen LogP contribution >= 0.6 is 0 Å². The normalized spacial score (nSPS) is 14.7. The van der Waals surface area contributed by atoms with E-state index in [-0.39, 0.29) is 11.5 Å². The number of aryl methyl sites for hydroxylation is 1. The monoisotopic (exact) mass is 389 g/mol. The quantitative estimate of drug-likeness (QED) is 0.646. The van der Waals surface area contributed by atoms with Gasteiger partial charge >= 0.3 is 0 Å². The number of ether oxygens (including phenoxy) is 1. The lowest BCUT2D eigenvalue weighted by Gasteiger charge is -2.25. The molecule has 146 valence electrons. The molecule has 2 rings (SSSR count). The van der Waals surface area contributed by atoms with Gasteiger partial charge in [0.25, 0.3) is 0 Å². The molecule has 5 nitrogen and oxygen atoms in total. The van der Waals surface area contributed by atoms with Gasteiger partial charge in [-0.25, -0.2) is 13.1 Å². The van der Waals surface area contributed by atoms with Crippen molar-refractivity contribution in [1.29, 1.82) is 0 Å². The van der Waals surface area contributed by atoms with E-state index in [1.807, 2.05) is 37.3 Å². The Balaban J connectivity index is 2.12. The van der Waals surface area contributed by atoms with E-state index in [0.29, 0.717) is 12.2 Å². The van der Waals surface area contributed by atoms with Crippen LogP contribution in [0.25, 0.3) is 0 Å². The van der Waals surface area contributed by atoms with E-state index in [1.165, 1.54) is 0 Å². The van der Waals surface area contributed by atoms with Crippen molar-refractivity contribution in [3.05, 3.63) is 77.4 Å². The Morgan fingerprint density at radius 2 is 1.78 bits per heavy atom. The smallest absolute Gasteiger partial charge is 0.240 e. The first kappa shape index (κ1) is 21.3. The van der Waals surface area contributed by atoms with Gasteiger partial charge in [0, 0.05) is 0 Å². The molecule has 2 aromatic carbocycles. The number of sulfonamides is 1. The maximum absolute atomic E-state index is 12.7. The van der Waals surface area contributed by atoms with Gasteiger partial charge in [0.1, 0.15) is 0 Å². The zero-order valence-corrected chi connectivity index (χ0v) is 16.7. The second-order valence-electron chi connectivity index (χ2n) is 6.52. The van der Waals surface area contributed by atoms with Crippen LogP contribution in [0.2, 0.25) is 0 Å². The molecule has 0 unspecified atom stereocenters. The first-order chi connectivity index (χ1) is 12.8. The van der Waals surface area contributed by atoms with Crippen LogP contribution in [-0.4, -0.2) is 32.3 Å². The van der Waals surface area contributed by atoms with E-state index < -0.39 is 22.2 Å². The number of hydrogen-bond donors (Lipinski definition) is 2. The lowest BCUT2D eigenvalue weighted by Crippen LogP contribution is -2.46. The van der Waals surface area contributed by atoms with Gasteiger partial charge in [0.15, 0.2) is 0 Å². The summed E-state index contributed by atoms with van der Waals surface area (Å²) in [6.07, 6.45) is 0.778. The minimum Gasteiger partial charge on any atom is -0.387 e. The standard InChI is InChI=1S/C21H27NO4S/c1-4-17(3)21(23)20(15-26-14-18-8-6-5-7-9-18)22-27(24,25)19-12-10-16(2)11-13-19/h4-13,20-23H,14-15H2,1-3H3/b17-4+/t20-,21+/m1/s1. The first-order valence-corrected chi connectivity index (χ1v) is 10.3. The van der Waals surface area contributed by atoms with E-state index in [1.54, 1.807) is 44.2 Å². The van der Waals surface area contributed by atoms with Crippen molar-refractivity contribution in [2.45, 2.75) is 44.4 Å². The van der Waals surface area contributed by atoms with Crippen molar-refractivity contribution in [2.24, 2.45) is 0 Å². The van der Waals surface area contributed by atoms with Crippen molar-refractivity contribution in [1.82, 2.24) is 4.72 Å². The van der Waals surface area contributed by atoms with Crippen molar-refractivity contribution < 1.29 is 18.3 Å². The number of aliphatic hydroxyl groups is 1. The van der Waals surface area contributed by atoms with Crippen molar-refractivity contribution in [3.8, 4) is 0 Å². The minimum atomic E-state index is -3.78. The number of hydrogen-bond acceptors (Lipinski definition) is 4. The second-order valence-corrected chi connectivity index (χ2v) is 8.23. The van der Waals surface area contributed by atoms with Gasteiger partial charge in [0.05, 0.1) is 30.3 Å². The molecule has 0 saturated carbocycles. The zero-order chi connectivity index (χ0) is 19.9. The predicted octanol–water partition coefficient (Wildman–Crippen LogP) is 3.19. The molecule has 0 saturated heterocycles. The van der Waals surface area contributed by atoms with E-state index in [0.717, 1.165) is 11.1 Å². The third-order valence-corrected chi connectivity index (χ3v) is 5.86. The maximum Gasteiger partial charge on any atom is 0.240 e. The molecule has 0 bridgehead atoms. The number of rotatable bonds is 9. The molecular weight excluding hydrogens is 362 g/mol. The topological polar surface area (TPSA) is 75.6 Å². The molecule has 0 aliphatic carbocycles. The summed E-state index contributed by atoms with van der Waals surface area (Å²) in [6, 6.07) is 15.4. The van der Waals surface area contributed by atoms with Gasteiger partial charge in [-0.1, -0.05) is 54.1 Å². The lowest BCUT2D eigenvalue weighted by atomic mass is 10.1. The molecule has 2 N–H and O–H groups in total. The number of allylic oxidation sites excluding steroid dienone is 1. The maximum atomic E-state index is 12.7. The average Bonchev–Trinajstić information content (AvgIpc) is 2.67. The second kappa shape index (κ2) is 9.80. The fourth-order valence-corrected chi connectivity index (χ4v) is 3.77. The Bertz CT molecular complexity index is 846. The Hall–Kier alpha value is -1.99. The van der Waals surface area contributed by atoms with E-state index in [9.17, 15) is 13.5 Å². The summed E-state index contributed by atoms with van der Waals surface area (Å²) in [5.41, 5.74) is 2.63. The summed E-state index contributed by atoms with van der Waals surface area (Å²) >= 11 is 0. The molecule has 0 heterocycles. The molecule has 2 aromatic rings. The Kier molecular flexibility index (Phi) is 7.74. The number of benzene rings is 2. The van der Waals surface area contributed by atoms with Crippen LogP contribution in [0.15, 0.2) is 71.1 Å². The summed E-state index contributed by atoms with van der Waals surface area (Å²) in [6.45, 7) is 5.84. The van der Waals surface area contributed by atoms with Gasteiger partial charge in [0.2, 0.25) is 10.0 Å². The third-order valence-electron chi connectivity index (χ3n) is 4.35. The summed E-state index contributed by atoms with van der Waals surface area (Å²) < 4.78 is 33.7. The summed E-state index contributed by atoms with van der Waals surface area (Å²) in [7, 11) is -3.78. The van der Waals surface area contributed by atoms with Crippen LogP contribution in [0.5, 0.6) is 0 Å². The van der Waals surface area contributed by atoms with Crippen LogP contribution in [0.1, 0.15) is 25.0 Å². The Morgan fingerprint density at radius 3 is 2.37 bits per heavy atom. The summed E-state index contributed by atoms with van der Waals surface area (Å²) in [5, 5.41) is 10.6. The molecule has 0 aromatic heterocycles. The van der Waals surface area contributed by atoms with Crippen LogP contribution in [0.3, 0.4) is 0 Å². The van der Waals surface area contributed by atoms with E-state index >= 15 is 0 Å².